The number of para-hydroxylation sites is 1. The Kier molecular flexibility index (Phi) is 2.32. The summed E-state index contributed by atoms with van der Waals surface area (Å²) >= 11 is 1.78. The third kappa shape index (κ3) is 1.40. The number of aliphatic carboxylic acids is 1. The van der Waals surface area contributed by atoms with Crippen LogP contribution in [0.4, 0.5) is 5.69 Å². The highest BCUT2D eigenvalue weighted by Gasteiger charge is 2.41. The number of carboxylic acids is 1. The molecule has 2 aliphatic rings. The average Bonchev–Trinajstić information content (AvgIpc) is 2.73. The Balaban J connectivity index is 1.96. The van der Waals surface area contributed by atoms with Crippen LogP contribution in [0.3, 0.4) is 0 Å². The maximum absolute atomic E-state index is 11.1. The van der Waals surface area contributed by atoms with E-state index in [-0.39, 0.29) is 12.0 Å². The highest BCUT2D eigenvalue weighted by molar-refractivity contribution is 7.99. The molecule has 1 aromatic rings. The Labute approximate surface area is 98.4 Å². The second kappa shape index (κ2) is 3.70. The van der Waals surface area contributed by atoms with Crippen molar-refractivity contribution < 1.29 is 9.90 Å². The van der Waals surface area contributed by atoms with Crippen molar-refractivity contribution in [2.75, 3.05) is 17.2 Å². The number of anilines is 1. The van der Waals surface area contributed by atoms with Gasteiger partial charge < -0.3 is 10.0 Å². The van der Waals surface area contributed by atoms with Crippen LogP contribution in [-0.2, 0) is 4.79 Å². The molecule has 0 aliphatic carbocycles. The van der Waals surface area contributed by atoms with E-state index in [1.807, 2.05) is 12.1 Å². The Morgan fingerprint density at radius 2 is 2.25 bits per heavy atom. The first kappa shape index (κ1) is 10.0. The molecule has 0 bridgehead atoms. The van der Waals surface area contributed by atoms with Crippen molar-refractivity contribution in [2.24, 2.45) is 5.92 Å². The van der Waals surface area contributed by atoms with E-state index in [2.05, 4.69) is 17.0 Å². The summed E-state index contributed by atoms with van der Waals surface area (Å²) in [5, 5.41) is 9.16. The number of carboxylic acid groups (broad SMARTS) is 1. The molecule has 4 heteroatoms. The van der Waals surface area contributed by atoms with Crippen LogP contribution < -0.4 is 4.90 Å². The molecule has 0 radical (unpaired) electrons. The van der Waals surface area contributed by atoms with Crippen molar-refractivity contribution >= 4 is 23.4 Å². The summed E-state index contributed by atoms with van der Waals surface area (Å²) in [5.41, 5.74) is 1.22. The van der Waals surface area contributed by atoms with Gasteiger partial charge in [-0.15, -0.1) is 11.8 Å². The van der Waals surface area contributed by atoms with Gasteiger partial charge in [0.05, 0.1) is 17.6 Å². The lowest BCUT2D eigenvalue weighted by Crippen LogP contribution is -2.39. The lowest BCUT2D eigenvalue weighted by Gasteiger charge is -2.34. The van der Waals surface area contributed by atoms with Gasteiger partial charge >= 0.3 is 5.97 Å². The van der Waals surface area contributed by atoms with Gasteiger partial charge in [0.1, 0.15) is 0 Å². The lowest BCUT2D eigenvalue weighted by molar-refractivity contribution is -0.141. The van der Waals surface area contributed by atoms with Crippen molar-refractivity contribution in [1.29, 1.82) is 0 Å². The van der Waals surface area contributed by atoms with Crippen LogP contribution in [0.15, 0.2) is 29.2 Å². The quantitative estimate of drug-likeness (QED) is 0.809. The van der Waals surface area contributed by atoms with E-state index in [0.717, 1.165) is 18.7 Å². The second-order valence-electron chi connectivity index (χ2n) is 4.27. The molecule has 1 N–H and O–H groups in total. The van der Waals surface area contributed by atoms with Gasteiger partial charge in [-0.25, -0.2) is 0 Å². The van der Waals surface area contributed by atoms with Gasteiger partial charge in [0.15, 0.2) is 0 Å². The number of fused-ring (bicyclic) bond motifs is 3. The summed E-state index contributed by atoms with van der Waals surface area (Å²) in [6.45, 7) is 0.874. The summed E-state index contributed by atoms with van der Waals surface area (Å²) in [7, 11) is 0. The van der Waals surface area contributed by atoms with E-state index >= 15 is 0 Å². The summed E-state index contributed by atoms with van der Waals surface area (Å²) in [6, 6.07) is 8.45. The van der Waals surface area contributed by atoms with Crippen LogP contribution in [0, 0.1) is 5.92 Å². The Bertz CT molecular complexity index is 435. The maximum atomic E-state index is 11.1. The van der Waals surface area contributed by atoms with E-state index in [4.69, 9.17) is 5.11 Å². The summed E-state index contributed by atoms with van der Waals surface area (Å²) < 4.78 is 0. The summed E-state index contributed by atoms with van der Waals surface area (Å²) in [4.78, 5) is 14.7. The predicted octanol–water partition coefficient (Wildman–Crippen LogP) is 2.07. The molecule has 16 heavy (non-hydrogen) atoms. The van der Waals surface area contributed by atoms with Gasteiger partial charge in [-0.3, -0.25) is 4.79 Å². The third-order valence-electron chi connectivity index (χ3n) is 3.45. The van der Waals surface area contributed by atoms with E-state index in [9.17, 15) is 4.79 Å². The molecular weight excluding hydrogens is 222 g/mol. The minimum atomic E-state index is -0.646. The van der Waals surface area contributed by atoms with Gasteiger partial charge in [-0.05, 0) is 18.6 Å². The molecule has 1 aromatic carbocycles. The Morgan fingerprint density at radius 1 is 1.44 bits per heavy atom. The smallest absolute Gasteiger partial charge is 0.308 e. The van der Waals surface area contributed by atoms with Gasteiger partial charge in [0, 0.05) is 17.2 Å². The fourth-order valence-electron chi connectivity index (χ4n) is 2.64. The normalized spacial score (nSPS) is 27.4. The van der Waals surface area contributed by atoms with Crippen LogP contribution in [-0.4, -0.2) is 29.4 Å². The predicted molar refractivity (Wildman–Crippen MR) is 64.0 cm³/mol. The van der Waals surface area contributed by atoms with E-state index in [1.54, 1.807) is 11.8 Å². The molecule has 0 amide bonds. The molecular formula is C12H13NO2S. The van der Waals surface area contributed by atoms with Crippen molar-refractivity contribution in [3.63, 3.8) is 0 Å². The number of nitrogens with zero attached hydrogens (tertiary/aromatic N) is 1. The Morgan fingerprint density at radius 3 is 3.06 bits per heavy atom. The molecule has 1 saturated heterocycles. The maximum Gasteiger partial charge on any atom is 0.308 e. The minimum absolute atomic E-state index is 0.178. The largest absolute Gasteiger partial charge is 0.481 e. The van der Waals surface area contributed by atoms with Crippen molar-refractivity contribution in [3.05, 3.63) is 24.3 Å². The zero-order valence-corrected chi connectivity index (χ0v) is 9.61. The van der Waals surface area contributed by atoms with Crippen molar-refractivity contribution in [3.8, 4) is 0 Å². The minimum Gasteiger partial charge on any atom is -0.481 e. The SMILES string of the molecule is O=C(O)C1CCN2c3ccccc3SCC12. The fraction of sp³-hybridized carbons (Fsp3) is 0.417. The molecule has 3 rings (SSSR count). The summed E-state index contributed by atoms with van der Waals surface area (Å²) in [6.07, 6.45) is 0.773. The molecule has 0 aromatic heterocycles. The zero-order valence-electron chi connectivity index (χ0n) is 8.80. The van der Waals surface area contributed by atoms with E-state index in [1.165, 1.54) is 10.6 Å². The van der Waals surface area contributed by atoms with Crippen LogP contribution >= 0.6 is 11.8 Å². The van der Waals surface area contributed by atoms with E-state index < -0.39 is 5.97 Å². The van der Waals surface area contributed by atoms with Crippen LogP contribution in [0.5, 0.6) is 0 Å². The van der Waals surface area contributed by atoms with E-state index in [0.29, 0.717) is 0 Å². The first-order valence-corrected chi connectivity index (χ1v) is 6.47. The van der Waals surface area contributed by atoms with Gasteiger partial charge in [-0.2, -0.15) is 0 Å². The molecule has 0 spiro atoms. The number of thioether (sulfide) groups is 1. The van der Waals surface area contributed by atoms with Gasteiger partial charge in [0.2, 0.25) is 0 Å². The molecule has 2 aliphatic heterocycles. The Hall–Kier alpha value is -1.16. The molecule has 3 nitrogen and oxygen atoms in total. The molecule has 2 atom stereocenters. The third-order valence-corrected chi connectivity index (χ3v) is 4.61. The van der Waals surface area contributed by atoms with Crippen molar-refractivity contribution in [1.82, 2.24) is 0 Å². The molecule has 0 saturated carbocycles. The lowest BCUT2D eigenvalue weighted by atomic mass is 10.0. The number of carbonyl (C=O) groups is 1. The number of hydrogen-bond donors (Lipinski definition) is 1. The topological polar surface area (TPSA) is 40.5 Å². The van der Waals surface area contributed by atoms with Crippen molar-refractivity contribution in [2.45, 2.75) is 17.4 Å². The summed E-state index contributed by atoms with van der Waals surface area (Å²) in [5.74, 6) is 0.0573. The van der Waals surface area contributed by atoms with Crippen LogP contribution in [0.1, 0.15) is 6.42 Å². The fourth-order valence-corrected chi connectivity index (χ4v) is 3.91. The monoisotopic (exact) mass is 235 g/mol. The highest BCUT2D eigenvalue weighted by Crippen LogP contribution is 2.42. The number of hydrogen-bond acceptors (Lipinski definition) is 3. The van der Waals surface area contributed by atoms with Crippen LogP contribution in [0.2, 0.25) is 0 Å². The number of rotatable bonds is 1. The molecule has 84 valence electrons. The highest BCUT2D eigenvalue weighted by atomic mass is 32.2. The van der Waals surface area contributed by atoms with Crippen LogP contribution in [0.25, 0.3) is 0 Å². The molecule has 1 fully saturated rings. The second-order valence-corrected chi connectivity index (χ2v) is 5.33. The zero-order chi connectivity index (χ0) is 11.1. The van der Waals surface area contributed by atoms with Gasteiger partial charge in [0.25, 0.3) is 0 Å². The molecule has 2 heterocycles. The average molecular weight is 235 g/mol. The van der Waals surface area contributed by atoms with Gasteiger partial charge in [-0.1, -0.05) is 12.1 Å². The first-order chi connectivity index (χ1) is 7.77. The molecule has 2 unspecified atom stereocenters. The first-order valence-electron chi connectivity index (χ1n) is 5.48. The standard InChI is InChI=1S/C12H13NO2S/c14-12(15)8-5-6-13-9-3-1-2-4-11(9)16-7-10(8)13/h1-4,8,10H,5-7H2,(H,14,15). The number of benzene rings is 1.